The number of benzene rings is 2. The number of nitrogens with one attached hydrogen (secondary N) is 1. The number of hydrogen-bond donors (Lipinski definition) is 2. The molecule has 0 aliphatic rings. The van der Waals surface area contributed by atoms with Gasteiger partial charge in [0.25, 0.3) is 0 Å². The van der Waals surface area contributed by atoms with E-state index in [4.69, 9.17) is 10.5 Å². The molecule has 0 aromatic heterocycles. The number of ether oxygens (including phenoxy) is 1. The summed E-state index contributed by atoms with van der Waals surface area (Å²) in [5.74, 6) is 0.904. The van der Waals surface area contributed by atoms with Gasteiger partial charge in [0.05, 0.1) is 7.11 Å². The second kappa shape index (κ2) is 6.14. The summed E-state index contributed by atoms with van der Waals surface area (Å²) in [6.07, 6.45) is 0.959. The largest absolute Gasteiger partial charge is 0.497 e. The summed E-state index contributed by atoms with van der Waals surface area (Å²) >= 11 is 0. The number of anilines is 2. The van der Waals surface area contributed by atoms with Crippen molar-refractivity contribution in [2.75, 3.05) is 24.7 Å². The van der Waals surface area contributed by atoms with Gasteiger partial charge in [-0.05, 0) is 54.8 Å². The van der Waals surface area contributed by atoms with Crippen molar-refractivity contribution in [2.24, 2.45) is 0 Å². The molecule has 2 rings (SSSR count). The molecule has 0 unspecified atom stereocenters. The van der Waals surface area contributed by atoms with Crippen molar-refractivity contribution in [3.8, 4) is 5.75 Å². The van der Waals surface area contributed by atoms with Crippen LogP contribution in [0.15, 0.2) is 42.5 Å². The highest BCUT2D eigenvalue weighted by Crippen LogP contribution is 2.18. The van der Waals surface area contributed by atoms with Gasteiger partial charge in [-0.15, -0.1) is 0 Å². The fraction of sp³-hybridized carbons (Fsp3) is 0.250. The fourth-order valence-corrected chi connectivity index (χ4v) is 2.05. The van der Waals surface area contributed by atoms with E-state index in [0.29, 0.717) is 0 Å². The second-order valence-electron chi connectivity index (χ2n) is 4.60. The van der Waals surface area contributed by atoms with Crippen molar-refractivity contribution in [3.05, 3.63) is 53.6 Å². The van der Waals surface area contributed by atoms with Gasteiger partial charge in [0.15, 0.2) is 0 Å². The Kier molecular flexibility index (Phi) is 4.29. The molecule has 2 aromatic rings. The highest BCUT2D eigenvalue weighted by Gasteiger charge is 1.99. The Morgan fingerprint density at radius 2 is 2.00 bits per heavy atom. The van der Waals surface area contributed by atoms with Crippen LogP contribution in [0.5, 0.6) is 5.75 Å². The van der Waals surface area contributed by atoms with E-state index in [-0.39, 0.29) is 0 Å². The lowest BCUT2D eigenvalue weighted by Crippen LogP contribution is -2.06. The fourth-order valence-electron chi connectivity index (χ4n) is 2.05. The minimum Gasteiger partial charge on any atom is -0.497 e. The first-order chi connectivity index (χ1) is 9.19. The van der Waals surface area contributed by atoms with Crippen molar-refractivity contribution in [3.63, 3.8) is 0 Å². The van der Waals surface area contributed by atoms with E-state index in [1.54, 1.807) is 7.11 Å². The maximum atomic E-state index is 5.74. The van der Waals surface area contributed by atoms with Crippen molar-refractivity contribution < 1.29 is 4.74 Å². The molecule has 0 spiro atoms. The molecule has 0 radical (unpaired) electrons. The molecule has 100 valence electrons. The molecular weight excluding hydrogens is 236 g/mol. The van der Waals surface area contributed by atoms with E-state index < -0.39 is 0 Å². The van der Waals surface area contributed by atoms with Gasteiger partial charge in [-0.2, -0.15) is 0 Å². The number of aryl methyl sites for hydroxylation is 1. The molecule has 0 bridgehead atoms. The highest BCUT2D eigenvalue weighted by molar-refractivity contribution is 5.57. The number of nitrogen functional groups attached to an aromatic ring is 1. The van der Waals surface area contributed by atoms with E-state index in [1.807, 2.05) is 30.3 Å². The minimum absolute atomic E-state index is 0.802. The summed E-state index contributed by atoms with van der Waals surface area (Å²) in [7, 11) is 1.69. The first-order valence-electron chi connectivity index (χ1n) is 6.42. The third-order valence-electron chi connectivity index (χ3n) is 3.11. The zero-order valence-corrected chi connectivity index (χ0v) is 11.4. The Bertz CT molecular complexity index is 552. The molecule has 0 fully saturated rings. The second-order valence-corrected chi connectivity index (χ2v) is 4.60. The van der Waals surface area contributed by atoms with Crippen molar-refractivity contribution >= 4 is 11.4 Å². The van der Waals surface area contributed by atoms with E-state index in [0.717, 1.165) is 30.1 Å². The molecule has 2 aromatic carbocycles. The zero-order valence-electron chi connectivity index (χ0n) is 11.4. The number of hydrogen-bond acceptors (Lipinski definition) is 3. The van der Waals surface area contributed by atoms with Gasteiger partial charge < -0.3 is 15.8 Å². The minimum atomic E-state index is 0.802. The van der Waals surface area contributed by atoms with Gasteiger partial charge in [0.1, 0.15) is 5.75 Å². The SMILES string of the molecule is COc1cccc(CCNc2ccc(N)cc2C)c1. The van der Waals surface area contributed by atoms with Crippen LogP contribution in [-0.4, -0.2) is 13.7 Å². The smallest absolute Gasteiger partial charge is 0.119 e. The lowest BCUT2D eigenvalue weighted by atomic mass is 10.1. The van der Waals surface area contributed by atoms with Gasteiger partial charge in [-0.1, -0.05) is 12.1 Å². The van der Waals surface area contributed by atoms with Crippen molar-refractivity contribution in [1.29, 1.82) is 0 Å². The number of methoxy groups -OCH3 is 1. The molecule has 0 amide bonds. The van der Waals surface area contributed by atoms with Crippen LogP contribution in [0.1, 0.15) is 11.1 Å². The van der Waals surface area contributed by atoms with Crippen LogP contribution in [0, 0.1) is 6.92 Å². The number of nitrogens with two attached hydrogens (primary N) is 1. The first kappa shape index (κ1) is 13.3. The van der Waals surface area contributed by atoms with Gasteiger partial charge in [0, 0.05) is 17.9 Å². The Hall–Kier alpha value is -2.16. The summed E-state index contributed by atoms with van der Waals surface area (Å²) in [5.41, 5.74) is 10.1. The molecule has 0 saturated carbocycles. The molecule has 19 heavy (non-hydrogen) atoms. The van der Waals surface area contributed by atoms with Crippen molar-refractivity contribution in [2.45, 2.75) is 13.3 Å². The van der Waals surface area contributed by atoms with E-state index in [2.05, 4.69) is 24.4 Å². The maximum Gasteiger partial charge on any atom is 0.119 e. The van der Waals surface area contributed by atoms with Gasteiger partial charge >= 0.3 is 0 Å². The van der Waals surface area contributed by atoms with Crippen molar-refractivity contribution in [1.82, 2.24) is 0 Å². The molecule has 0 heterocycles. The molecular formula is C16H20N2O. The summed E-state index contributed by atoms with van der Waals surface area (Å²) in [6.45, 7) is 2.95. The summed E-state index contributed by atoms with van der Waals surface area (Å²) in [5, 5.41) is 3.43. The Labute approximate surface area is 114 Å². The van der Waals surface area contributed by atoms with E-state index >= 15 is 0 Å². The van der Waals surface area contributed by atoms with Gasteiger partial charge in [0.2, 0.25) is 0 Å². The van der Waals surface area contributed by atoms with Crippen LogP contribution in [-0.2, 0) is 6.42 Å². The zero-order chi connectivity index (χ0) is 13.7. The van der Waals surface area contributed by atoms with Crippen LogP contribution in [0.3, 0.4) is 0 Å². The van der Waals surface area contributed by atoms with Crippen LogP contribution >= 0.6 is 0 Å². The van der Waals surface area contributed by atoms with Crippen LogP contribution in [0.25, 0.3) is 0 Å². The number of rotatable bonds is 5. The quantitative estimate of drug-likeness (QED) is 0.807. The molecule has 0 aliphatic heterocycles. The van der Waals surface area contributed by atoms with Crippen LogP contribution in [0.4, 0.5) is 11.4 Å². The molecule has 3 N–H and O–H groups in total. The molecule has 3 heteroatoms. The predicted molar refractivity (Wildman–Crippen MR) is 80.8 cm³/mol. The molecule has 0 saturated heterocycles. The maximum absolute atomic E-state index is 5.74. The Balaban J connectivity index is 1.92. The lowest BCUT2D eigenvalue weighted by molar-refractivity contribution is 0.414. The third kappa shape index (κ3) is 3.65. The van der Waals surface area contributed by atoms with E-state index in [9.17, 15) is 0 Å². The first-order valence-corrected chi connectivity index (χ1v) is 6.42. The lowest BCUT2D eigenvalue weighted by Gasteiger charge is -2.10. The summed E-state index contributed by atoms with van der Waals surface area (Å²) in [6, 6.07) is 14.1. The normalized spacial score (nSPS) is 10.2. The summed E-state index contributed by atoms with van der Waals surface area (Å²) < 4.78 is 5.22. The summed E-state index contributed by atoms with van der Waals surface area (Å²) in [4.78, 5) is 0. The molecule has 3 nitrogen and oxygen atoms in total. The monoisotopic (exact) mass is 256 g/mol. The Morgan fingerprint density at radius 3 is 2.74 bits per heavy atom. The van der Waals surface area contributed by atoms with Crippen LogP contribution in [0.2, 0.25) is 0 Å². The van der Waals surface area contributed by atoms with Gasteiger partial charge in [-0.3, -0.25) is 0 Å². The van der Waals surface area contributed by atoms with Gasteiger partial charge in [-0.25, -0.2) is 0 Å². The third-order valence-corrected chi connectivity index (χ3v) is 3.11. The topological polar surface area (TPSA) is 47.3 Å². The van der Waals surface area contributed by atoms with E-state index in [1.165, 1.54) is 11.1 Å². The average Bonchev–Trinajstić information content (AvgIpc) is 2.41. The predicted octanol–water partition coefficient (Wildman–Crippen LogP) is 3.24. The standard InChI is InChI=1S/C16H20N2O/c1-12-10-14(17)6-7-16(12)18-9-8-13-4-3-5-15(11-13)19-2/h3-7,10-11,18H,8-9,17H2,1-2H3. The molecule has 0 atom stereocenters. The van der Waals surface area contributed by atoms with Crippen LogP contribution < -0.4 is 15.8 Å². The highest BCUT2D eigenvalue weighted by atomic mass is 16.5. The molecule has 0 aliphatic carbocycles. The Morgan fingerprint density at radius 1 is 1.16 bits per heavy atom. The average molecular weight is 256 g/mol.